The summed E-state index contributed by atoms with van der Waals surface area (Å²) in [7, 11) is 0. The molecule has 22 heavy (non-hydrogen) atoms. The van der Waals surface area contributed by atoms with Gasteiger partial charge in [-0.2, -0.15) is 0 Å². The predicted molar refractivity (Wildman–Crippen MR) is 77.8 cm³/mol. The van der Waals surface area contributed by atoms with Gasteiger partial charge < -0.3 is 14.8 Å². The van der Waals surface area contributed by atoms with Gasteiger partial charge in [0.25, 0.3) is 5.91 Å². The second kappa shape index (κ2) is 6.43. The Bertz CT molecular complexity index is 676. The summed E-state index contributed by atoms with van der Waals surface area (Å²) in [6, 6.07) is 7.68. The van der Waals surface area contributed by atoms with E-state index in [0.717, 1.165) is 0 Å². The number of carboxylic acids is 1. The lowest BCUT2D eigenvalue weighted by molar-refractivity contribution is -0.140. The number of halogens is 1. The maximum atomic E-state index is 12.9. The Morgan fingerprint density at radius 3 is 2.32 bits per heavy atom. The minimum atomic E-state index is -1.10. The second-order valence-corrected chi connectivity index (χ2v) is 5.20. The molecule has 0 saturated heterocycles. The fourth-order valence-corrected chi connectivity index (χ4v) is 1.96. The first-order chi connectivity index (χ1) is 10.4. The van der Waals surface area contributed by atoms with E-state index in [0.29, 0.717) is 11.3 Å². The van der Waals surface area contributed by atoms with Crippen molar-refractivity contribution in [1.29, 1.82) is 0 Å². The van der Waals surface area contributed by atoms with Crippen LogP contribution in [0.5, 0.6) is 0 Å². The molecule has 116 valence electrons. The Kier molecular flexibility index (Phi) is 4.60. The number of hydrogen-bond acceptors (Lipinski definition) is 3. The van der Waals surface area contributed by atoms with E-state index in [9.17, 15) is 14.0 Å². The first kappa shape index (κ1) is 15.8. The monoisotopic (exact) mass is 305 g/mol. The number of carbonyl (C=O) groups is 2. The topological polar surface area (TPSA) is 79.5 Å². The van der Waals surface area contributed by atoms with Gasteiger partial charge in [-0.1, -0.05) is 13.8 Å². The van der Waals surface area contributed by atoms with Gasteiger partial charge in [-0.15, -0.1) is 0 Å². The van der Waals surface area contributed by atoms with Crippen molar-refractivity contribution in [3.63, 3.8) is 0 Å². The number of rotatable bonds is 5. The van der Waals surface area contributed by atoms with Crippen molar-refractivity contribution in [2.75, 3.05) is 0 Å². The quantitative estimate of drug-likeness (QED) is 0.890. The molecule has 1 aromatic carbocycles. The molecule has 0 saturated carbocycles. The Balaban J connectivity index is 2.15. The molecule has 1 heterocycles. The predicted octanol–water partition coefficient (Wildman–Crippen LogP) is 2.92. The van der Waals surface area contributed by atoms with E-state index in [4.69, 9.17) is 9.52 Å². The van der Waals surface area contributed by atoms with Crippen molar-refractivity contribution >= 4 is 11.9 Å². The van der Waals surface area contributed by atoms with Gasteiger partial charge in [-0.3, -0.25) is 4.79 Å². The maximum absolute atomic E-state index is 12.9. The molecule has 0 unspecified atom stereocenters. The molecule has 0 aliphatic heterocycles. The Hall–Kier alpha value is -2.63. The minimum absolute atomic E-state index is 0.00576. The van der Waals surface area contributed by atoms with Crippen LogP contribution in [0, 0.1) is 11.7 Å². The van der Waals surface area contributed by atoms with E-state index in [1.165, 1.54) is 30.3 Å². The van der Waals surface area contributed by atoms with Crippen LogP contribution in [-0.4, -0.2) is 23.0 Å². The third-order valence-electron chi connectivity index (χ3n) is 3.18. The molecule has 0 aliphatic rings. The molecule has 5 nitrogen and oxygen atoms in total. The zero-order chi connectivity index (χ0) is 16.3. The molecule has 1 amide bonds. The number of benzene rings is 1. The van der Waals surface area contributed by atoms with Crippen LogP contribution in [0.2, 0.25) is 0 Å². The first-order valence-electron chi connectivity index (χ1n) is 6.78. The normalized spacial score (nSPS) is 12.2. The van der Waals surface area contributed by atoms with Gasteiger partial charge in [-0.05, 0) is 42.3 Å². The minimum Gasteiger partial charge on any atom is -0.480 e. The van der Waals surface area contributed by atoms with Crippen molar-refractivity contribution in [2.45, 2.75) is 19.9 Å². The highest BCUT2D eigenvalue weighted by atomic mass is 19.1. The van der Waals surface area contributed by atoms with Crippen molar-refractivity contribution in [3.05, 3.63) is 48.0 Å². The van der Waals surface area contributed by atoms with Crippen molar-refractivity contribution in [2.24, 2.45) is 5.92 Å². The van der Waals surface area contributed by atoms with Gasteiger partial charge in [0.1, 0.15) is 17.6 Å². The zero-order valence-electron chi connectivity index (χ0n) is 12.2. The van der Waals surface area contributed by atoms with E-state index in [-0.39, 0.29) is 17.5 Å². The average Bonchev–Trinajstić information content (AvgIpc) is 2.94. The molecule has 0 aliphatic carbocycles. The molecule has 1 aromatic heterocycles. The number of carbonyl (C=O) groups excluding carboxylic acids is 1. The molecule has 2 N–H and O–H groups in total. The SMILES string of the molecule is CC(C)[C@H](NC(=O)c1ccc(-c2ccc(F)cc2)o1)C(=O)O. The third kappa shape index (κ3) is 3.52. The highest BCUT2D eigenvalue weighted by molar-refractivity contribution is 5.94. The Morgan fingerprint density at radius 2 is 1.77 bits per heavy atom. The average molecular weight is 305 g/mol. The lowest BCUT2D eigenvalue weighted by Gasteiger charge is -2.16. The van der Waals surface area contributed by atoms with Crippen LogP contribution in [0.15, 0.2) is 40.8 Å². The molecule has 0 radical (unpaired) electrons. The summed E-state index contributed by atoms with van der Waals surface area (Å²) in [4.78, 5) is 23.1. The van der Waals surface area contributed by atoms with Crippen molar-refractivity contribution in [3.8, 4) is 11.3 Å². The van der Waals surface area contributed by atoms with E-state index in [1.807, 2.05) is 0 Å². The summed E-state index contributed by atoms with van der Waals surface area (Å²) >= 11 is 0. The van der Waals surface area contributed by atoms with Crippen LogP contribution in [0.1, 0.15) is 24.4 Å². The third-order valence-corrected chi connectivity index (χ3v) is 3.18. The molecule has 0 spiro atoms. The van der Waals surface area contributed by atoms with Crippen LogP contribution in [0.3, 0.4) is 0 Å². The number of aliphatic carboxylic acids is 1. The Morgan fingerprint density at radius 1 is 1.14 bits per heavy atom. The number of carboxylic acid groups (broad SMARTS) is 1. The standard InChI is InChI=1S/C16H16FNO4/c1-9(2)14(16(20)21)18-15(19)13-8-7-12(22-13)10-3-5-11(17)6-4-10/h3-9,14H,1-2H3,(H,18,19)(H,20,21)/t14-/m0/s1. The van der Waals surface area contributed by atoms with Crippen molar-refractivity contribution in [1.82, 2.24) is 5.32 Å². The number of hydrogen-bond donors (Lipinski definition) is 2. The zero-order valence-corrected chi connectivity index (χ0v) is 12.2. The van der Waals surface area contributed by atoms with Crippen LogP contribution in [0.4, 0.5) is 4.39 Å². The summed E-state index contributed by atoms with van der Waals surface area (Å²) < 4.78 is 18.3. The van der Waals surface area contributed by atoms with E-state index in [1.54, 1.807) is 19.9 Å². The lowest BCUT2D eigenvalue weighted by Crippen LogP contribution is -2.44. The van der Waals surface area contributed by atoms with Gasteiger partial charge in [0.05, 0.1) is 0 Å². The molecule has 6 heteroatoms. The summed E-state index contributed by atoms with van der Waals surface area (Å²) in [5, 5.41) is 11.5. The highest BCUT2D eigenvalue weighted by Gasteiger charge is 2.25. The van der Waals surface area contributed by atoms with Crippen molar-refractivity contribution < 1.29 is 23.5 Å². The van der Waals surface area contributed by atoms with E-state index >= 15 is 0 Å². The van der Waals surface area contributed by atoms with Crippen LogP contribution in [-0.2, 0) is 4.79 Å². The fourth-order valence-electron chi connectivity index (χ4n) is 1.96. The molecular weight excluding hydrogens is 289 g/mol. The number of amides is 1. The van der Waals surface area contributed by atoms with Gasteiger partial charge >= 0.3 is 5.97 Å². The van der Waals surface area contributed by atoms with E-state index < -0.39 is 17.9 Å². The number of furan rings is 1. The Labute approximate surface area is 126 Å². The maximum Gasteiger partial charge on any atom is 0.326 e. The molecular formula is C16H16FNO4. The highest BCUT2D eigenvalue weighted by Crippen LogP contribution is 2.22. The summed E-state index contributed by atoms with van der Waals surface area (Å²) in [6.07, 6.45) is 0. The van der Waals surface area contributed by atoms with Crippen LogP contribution >= 0.6 is 0 Å². The molecule has 2 rings (SSSR count). The molecule has 1 atom stereocenters. The summed E-state index contributed by atoms with van der Waals surface area (Å²) in [6.45, 7) is 3.40. The van der Waals surface area contributed by atoms with E-state index in [2.05, 4.69) is 5.32 Å². The van der Waals surface area contributed by atoms with Gasteiger partial charge in [0, 0.05) is 5.56 Å². The van der Waals surface area contributed by atoms with Crippen LogP contribution in [0.25, 0.3) is 11.3 Å². The molecule has 0 bridgehead atoms. The van der Waals surface area contributed by atoms with Gasteiger partial charge in [-0.25, -0.2) is 9.18 Å². The number of nitrogens with one attached hydrogen (secondary N) is 1. The fraction of sp³-hybridized carbons (Fsp3) is 0.250. The largest absolute Gasteiger partial charge is 0.480 e. The molecule has 0 fully saturated rings. The van der Waals surface area contributed by atoms with Gasteiger partial charge in [0.15, 0.2) is 5.76 Å². The van der Waals surface area contributed by atoms with Crippen LogP contribution < -0.4 is 5.32 Å². The first-order valence-corrected chi connectivity index (χ1v) is 6.78. The summed E-state index contributed by atoms with van der Waals surface area (Å²) in [5.74, 6) is -1.92. The smallest absolute Gasteiger partial charge is 0.326 e. The molecule has 2 aromatic rings. The second-order valence-electron chi connectivity index (χ2n) is 5.20. The summed E-state index contributed by atoms with van der Waals surface area (Å²) in [5.41, 5.74) is 0.624. The lowest BCUT2D eigenvalue weighted by atomic mass is 10.0. The van der Waals surface area contributed by atoms with Gasteiger partial charge in [0.2, 0.25) is 0 Å².